The third kappa shape index (κ3) is 9.24. The van der Waals surface area contributed by atoms with Gasteiger partial charge in [0, 0.05) is 37.5 Å². The van der Waals surface area contributed by atoms with E-state index in [9.17, 15) is 0 Å². The Hall–Kier alpha value is -5.10. The molecule has 2 aliphatic carbocycles. The van der Waals surface area contributed by atoms with Gasteiger partial charge < -0.3 is 0 Å². The van der Waals surface area contributed by atoms with Crippen molar-refractivity contribution in [1.82, 2.24) is 29.9 Å². The van der Waals surface area contributed by atoms with Crippen molar-refractivity contribution in [3.05, 3.63) is 153 Å². The molecule has 2 unspecified atom stereocenters. The summed E-state index contributed by atoms with van der Waals surface area (Å²) in [5, 5.41) is 0. The highest BCUT2D eigenvalue weighted by Gasteiger charge is 2.25. The summed E-state index contributed by atoms with van der Waals surface area (Å²) in [5.41, 5.74) is 13.7. The van der Waals surface area contributed by atoms with Crippen LogP contribution in [0, 0.1) is 0 Å². The number of hydrogen-bond acceptors (Lipinski definition) is 6. The Morgan fingerprint density at radius 3 is 1.42 bits per heavy atom. The molecular weight excluding hydrogens is 673 g/mol. The monoisotopic (exact) mass is 735 g/mol. The van der Waals surface area contributed by atoms with Crippen molar-refractivity contribution < 1.29 is 0 Å². The van der Waals surface area contributed by atoms with E-state index in [0.717, 1.165) is 73.5 Å². The minimum atomic E-state index is 0. The smallest absolute Gasteiger partial charge is 0.139 e. The number of aryl methyl sites for hydroxylation is 4. The highest BCUT2D eigenvalue weighted by Crippen LogP contribution is 2.41. The van der Waals surface area contributed by atoms with Gasteiger partial charge in [0.25, 0.3) is 0 Å². The SMILES string of the molecule is C.CC.CC.CCc1nc(CC)nc(C(C)c2ccc3c(c2)-c2ccccc2C3)n1.CCc1nc(CC)nc(C(C)c2cccc3c2Cc2ccccc2-3)n1. The van der Waals surface area contributed by atoms with Crippen LogP contribution in [0.1, 0.15) is 157 Å². The van der Waals surface area contributed by atoms with Crippen molar-refractivity contribution in [2.24, 2.45) is 0 Å². The Kier molecular flexibility index (Phi) is 15.5. The van der Waals surface area contributed by atoms with Crippen LogP contribution in [-0.4, -0.2) is 29.9 Å². The molecule has 2 atom stereocenters. The lowest BCUT2D eigenvalue weighted by molar-refractivity contribution is 0.725. The molecule has 55 heavy (non-hydrogen) atoms. The second-order valence-corrected chi connectivity index (χ2v) is 13.4. The summed E-state index contributed by atoms with van der Waals surface area (Å²) in [4.78, 5) is 27.9. The normalized spacial score (nSPS) is 12.4. The molecule has 0 saturated heterocycles. The maximum absolute atomic E-state index is 4.73. The van der Waals surface area contributed by atoms with Gasteiger partial charge in [0.15, 0.2) is 0 Å². The first-order valence-corrected chi connectivity index (χ1v) is 20.3. The maximum atomic E-state index is 4.73. The fourth-order valence-corrected chi connectivity index (χ4v) is 7.28. The largest absolute Gasteiger partial charge is 0.218 e. The summed E-state index contributed by atoms with van der Waals surface area (Å²) in [7, 11) is 0. The summed E-state index contributed by atoms with van der Waals surface area (Å²) < 4.78 is 0. The Labute approximate surface area is 331 Å². The van der Waals surface area contributed by atoms with Gasteiger partial charge in [-0.2, -0.15) is 0 Å². The van der Waals surface area contributed by atoms with E-state index in [0.29, 0.717) is 0 Å². The first kappa shape index (κ1) is 42.6. The van der Waals surface area contributed by atoms with Crippen LogP contribution in [0.5, 0.6) is 0 Å². The van der Waals surface area contributed by atoms with E-state index in [1.165, 1.54) is 55.6 Å². The molecule has 2 aromatic heterocycles. The van der Waals surface area contributed by atoms with Crippen LogP contribution >= 0.6 is 0 Å². The zero-order valence-corrected chi connectivity index (χ0v) is 34.2. The highest BCUT2D eigenvalue weighted by molar-refractivity contribution is 5.78. The quantitative estimate of drug-likeness (QED) is 0.155. The predicted octanol–water partition coefficient (Wildman–Crippen LogP) is 12.1. The molecular formula is C49H62N6. The van der Waals surface area contributed by atoms with Crippen LogP contribution in [0.15, 0.2) is 84.9 Å². The van der Waals surface area contributed by atoms with Crippen molar-refractivity contribution in [2.45, 2.75) is 127 Å². The molecule has 0 aliphatic heterocycles. The Balaban J connectivity index is 0.000000221. The molecule has 0 N–H and O–H groups in total. The number of hydrogen-bond donors (Lipinski definition) is 0. The third-order valence-corrected chi connectivity index (χ3v) is 10.2. The summed E-state index contributed by atoms with van der Waals surface area (Å²) >= 11 is 0. The van der Waals surface area contributed by atoms with Gasteiger partial charge in [-0.15, -0.1) is 0 Å². The van der Waals surface area contributed by atoms with E-state index in [2.05, 4.69) is 136 Å². The zero-order chi connectivity index (χ0) is 38.8. The molecule has 6 heteroatoms. The van der Waals surface area contributed by atoms with Crippen LogP contribution in [0.3, 0.4) is 0 Å². The summed E-state index contributed by atoms with van der Waals surface area (Å²) in [6.45, 7) is 20.8. The van der Waals surface area contributed by atoms with Crippen LogP contribution < -0.4 is 0 Å². The molecule has 0 spiro atoms. The van der Waals surface area contributed by atoms with Crippen LogP contribution in [0.2, 0.25) is 0 Å². The molecule has 2 heterocycles. The molecule has 0 amide bonds. The molecule has 0 bridgehead atoms. The predicted molar refractivity (Wildman–Crippen MR) is 231 cm³/mol. The minimum Gasteiger partial charge on any atom is -0.218 e. The maximum Gasteiger partial charge on any atom is 0.139 e. The van der Waals surface area contributed by atoms with Gasteiger partial charge in [0.2, 0.25) is 0 Å². The van der Waals surface area contributed by atoms with Gasteiger partial charge in [-0.1, -0.05) is 162 Å². The second-order valence-electron chi connectivity index (χ2n) is 13.4. The zero-order valence-electron chi connectivity index (χ0n) is 34.2. The van der Waals surface area contributed by atoms with Gasteiger partial charge in [-0.25, -0.2) is 29.9 Å². The number of aromatic nitrogens is 6. The van der Waals surface area contributed by atoms with Gasteiger partial charge in [0.1, 0.15) is 34.9 Å². The molecule has 288 valence electrons. The van der Waals surface area contributed by atoms with E-state index in [1.807, 2.05) is 27.7 Å². The standard InChI is InChI=1S/2C22H23N3.2C2H6.CH4/c1-4-20-23-21(5-2)25-22(24-20)14(3)16-11-8-12-18-17-10-7-6-9-15(17)13-19(16)18;1-4-20-23-21(5-2)25-22(24-20)14(3)15-10-11-17-12-16-8-6-7-9-18(16)19(17)13-15;2*1-2;/h6-12,14H,4-5,13H2,1-3H3;6-11,13-14H,4-5,12H2,1-3H3;2*1-2H3;1H4. The molecule has 0 fully saturated rings. The van der Waals surface area contributed by atoms with Gasteiger partial charge in [0.05, 0.1) is 0 Å². The van der Waals surface area contributed by atoms with E-state index < -0.39 is 0 Å². The summed E-state index contributed by atoms with van der Waals surface area (Å²) in [6.07, 6.45) is 5.39. The number of benzene rings is 4. The van der Waals surface area contributed by atoms with Gasteiger partial charge in [-0.3, -0.25) is 0 Å². The van der Waals surface area contributed by atoms with Crippen LogP contribution in [-0.2, 0) is 38.5 Å². The number of nitrogens with zero attached hydrogens (tertiary/aromatic N) is 6. The molecule has 0 radical (unpaired) electrons. The summed E-state index contributed by atoms with van der Waals surface area (Å²) in [5.74, 6) is 5.68. The molecule has 6 nitrogen and oxygen atoms in total. The fraction of sp³-hybridized carbons (Fsp3) is 0.388. The lowest BCUT2D eigenvalue weighted by Gasteiger charge is -2.16. The molecule has 6 aromatic rings. The number of rotatable bonds is 8. The third-order valence-electron chi connectivity index (χ3n) is 10.2. The van der Waals surface area contributed by atoms with Crippen LogP contribution in [0.4, 0.5) is 0 Å². The van der Waals surface area contributed by atoms with E-state index in [4.69, 9.17) is 19.9 Å². The minimum absolute atomic E-state index is 0. The van der Waals surface area contributed by atoms with Gasteiger partial charge in [-0.05, 0) is 68.5 Å². The summed E-state index contributed by atoms with van der Waals surface area (Å²) in [6, 6.07) is 30.9. The lowest BCUT2D eigenvalue weighted by atomic mass is 9.92. The first-order valence-electron chi connectivity index (χ1n) is 20.3. The average Bonchev–Trinajstić information content (AvgIpc) is 3.82. The van der Waals surface area contributed by atoms with Crippen molar-refractivity contribution in [3.8, 4) is 22.3 Å². The second kappa shape index (κ2) is 20.0. The number of fused-ring (bicyclic) bond motifs is 6. The van der Waals surface area contributed by atoms with Crippen molar-refractivity contribution >= 4 is 0 Å². The first-order chi connectivity index (χ1) is 26.4. The van der Waals surface area contributed by atoms with E-state index in [-0.39, 0.29) is 19.3 Å². The molecule has 4 aromatic carbocycles. The lowest BCUT2D eigenvalue weighted by Crippen LogP contribution is -2.11. The Morgan fingerprint density at radius 1 is 0.455 bits per heavy atom. The topological polar surface area (TPSA) is 77.3 Å². The Morgan fingerprint density at radius 2 is 0.891 bits per heavy atom. The van der Waals surface area contributed by atoms with Crippen LogP contribution in [0.25, 0.3) is 22.3 Å². The van der Waals surface area contributed by atoms with Gasteiger partial charge >= 0.3 is 0 Å². The van der Waals surface area contributed by atoms with E-state index in [1.54, 1.807) is 0 Å². The molecule has 0 saturated carbocycles. The molecule has 2 aliphatic rings. The molecule has 8 rings (SSSR count). The fourth-order valence-electron chi connectivity index (χ4n) is 7.28. The highest BCUT2D eigenvalue weighted by atomic mass is 15.0. The average molecular weight is 735 g/mol. The van der Waals surface area contributed by atoms with E-state index >= 15 is 0 Å². The van der Waals surface area contributed by atoms with Crippen molar-refractivity contribution in [1.29, 1.82) is 0 Å². The Bertz CT molecular complexity index is 2120. The van der Waals surface area contributed by atoms with Crippen molar-refractivity contribution in [2.75, 3.05) is 0 Å². The van der Waals surface area contributed by atoms with Crippen molar-refractivity contribution in [3.63, 3.8) is 0 Å².